The molecule has 43 heavy (non-hydrogen) atoms. The van der Waals surface area contributed by atoms with E-state index in [4.69, 9.17) is 0 Å². The van der Waals surface area contributed by atoms with Crippen LogP contribution in [0.1, 0.15) is 50.0 Å². The highest BCUT2D eigenvalue weighted by Crippen LogP contribution is 2.61. The van der Waals surface area contributed by atoms with Crippen molar-refractivity contribution < 1.29 is 24.2 Å². The molecule has 1 fully saturated rings. The summed E-state index contributed by atoms with van der Waals surface area (Å²) >= 11 is 0. The van der Waals surface area contributed by atoms with Crippen LogP contribution < -0.4 is 0 Å². The van der Waals surface area contributed by atoms with Gasteiger partial charge in [-0.25, -0.2) is 5.01 Å². The van der Waals surface area contributed by atoms with Gasteiger partial charge < -0.3 is 0 Å². The number of hydrazine groups is 1. The average Bonchev–Trinajstić information content (AvgIpc) is 3.29. The van der Waals surface area contributed by atoms with E-state index in [0.717, 1.165) is 38.3 Å². The summed E-state index contributed by atoms with van der Waals surface area (Å²) in [4.78, 5) is 64.2. The standard InChI is InChI=1S/C32H22N4O7/c37-30(19-6-5-7-21(16-19)36(42)43)33(17-18-12-14-20(15-13-18)35(40)41)34-31(38)28-26-22-8-1-2-9-23(22)27(29(28)32(34)39)25-11-4-3-10-24(25)26/h1-16,26-29H,17H2/t26?,27?,28-,29-/m0/s1. The zero-order chi connectivity index (χ0) is 30.0. The fourth-order valence-corrected chi connectivity index (χ4v) is 6.93. The molecule has 4 aromatic rings. The Hall–Kier alpha value is -5.71. The van der Waals surface area contributed by atoms with Crippen molar-refractivity contribution in [3.8, 4) is 0 Å². The van der Waals surface area contributed by atoms with Crippen LogP contribution in [0, 0.1) is 32.1 Å². The van der Waals surface area contributed by atoms with E-state index >= 15 is 0 Å². The molecule has 8 rings (SSSR count). The molecule has 11 heteroatoms. The fraction of sp³-hybridized carbons (Fsp3) is 0.156. The van der Waals surface area contributed by atoms with Crippen LogP contribution in [0.2, 0.25) is 0 Å². The SMILES string of the molecule is O=C(c1cccc([N+](=O)[O-])c1)N(Cc1ccc([N+](=O)[O-])cc1)N1C(=O)[C@H]2C3c4ccccc4C(c4ccccc43)[C@@H]2C1=O. The smallest absolute Gasteiger partial charge is 0.272 e. The highest BCUT2D eigenvalue weighted by molar-refractivity contribution is 6.09. The Balaban J connectivity index is 1.34. The molecule has 0 spiro atoms. The van der Waals surface area contributed by atoms with Crippen molar-refractivity contribution in [1.29, 1.82) is 0 Å². The Bertz CT molecular complexity index is 1760. The van der Waals surface area contributed by atoms with Crippen molar-refractivity contribution in [2.45, 2.75) is 18.4 Å². The lowest BCUT2D eigenvalue weighted by Crippen LogP contribution is -2.50. The van der Waals surface area contributed by atoms with Crippen LogP contribution in [-0.2, 0) is 16.1 Å². The summed E-state index contributed by atoms with van der Waals surface area (Å²) in [6, 6.07) is 26.0. The highest BCUT2D eigenvalue weighted by atomic mass is 16.6. The molecule has 2 atom stereocenters. The van der Waals surface area contributed by atoms with Gasteiger partial charge in [-0.3, -0.25) is 34.6 Å². The van der Waals surface area contributed by atoms with Gasteiger partial charge in [0.05, 0.1) is 28.2 Å². The van der Waals surface area contributed by atoms with Gasteiger partial charge in [0.25, 0.3) is 29.1 Å². The molecule has 2 bridgehead atoms. The molecule has 212 valence electrons. The summed E-state index contributed by atoms with van der Waals surface area (Å²) in [6.45, 7) is -0.272. The first-order chi connectivity index (χ1) is 20.8. The molecular weight excluding hydrogens is 552 g/mol. The van der Waals surface area contributed by atoms with Crippen molar-refractivity contribution in [2.75, 3.05) is 0 Å². The summed E-state index contributed by atoms with van der Waals surface area (Å²) in [7, 11) is 0. The number of benzene rings is 4. The molecule has 4 aromatic carbocycles. The van der Waals surface area contributed by atoms with E-state index in [0.29, 0.717) is 5.56 Å². The summed E-state index contributed by atoms with van der Waals surface area (Å²) in [5, 5.41) is 24.6. The van der Waals surface area contributed by atoms with Crippen molar-refractivity contribution in [2.24, 2.45) is 11.8 Å². The molecule has 3 aliphatic carbocycles. The predicted octanol–water partition coefficient (Wildman–Crippen LogP) is 4.95. The third kappa shape index (κ3) is 3.92. The van der Waals surface area contributed by atoms with E-state index in [2.05, 4.69) is 0 Å². The highest BCUT2D eigenvalue weighted by Gasteiger charge is 2.63. The van der Waals surface area contributed by atoms with Crippen LogP contribution >= 0.6 is 0 Å². The van der Waals surface area contributed by atoms with Crippen molar-refractivity contribution in [3.63, 3.8) is 0 Å². The van der Waals surface area contributed by atoms with Crippen LogP contribution in [0.4, 0.5) is 11.4 Å². The van der Waals surface area contributed by atoms with E-state index in [1.807, 2.05) is 48.5 Å². The Morgan fingerprint density at radius 3 is 1.63 bits per heavy atom. The van der Waals surface area contributed by atoms with E-state index in [1.54, 1.807) is 0 Å². The van der Waals surface area contributed by atoms with Gasteiger partial charge >= 0.3 is 0 Å². The van der Waals surface area contributed by atoms with Gasteiger partial charge in [-0.05, 0) is 33.9 Å². The predicted molar refractivity (Wildman–Crippen MR) is 151 cm³/mol. The van der Waals surface area contributed by atoms with Crippen LogP contribution in [0.5, 0.6) is 0 Å². The zero-order valence-electron chi connectivity index (χ0n) is 22.4. The number of non-ortho nitro benzene ring substituents is 2. The van der Waals surface area contributed by atoms with E-state index in [9.17, 15) is 34.6 Å². The zero-order valence-corrected chi connectivity index (χ0v) is 22.4. The van der Waals surface area contributed by atoms with Crippen molar-refractivity contribution in [1.82, 2.24) is 10.0 Å². The maximum Gasteiger partial charge on any atom is 0.273 e. The first-order valence-electron chi connectivity index (χ1n) is 13.6. The first kappa shape index (κ1) is 26.2. The third-order valence-corrected chi connectivity index (χ3v) is 8.68. The second-order valence-corrected chi connectivity index (χ2v) is 10.8. The van der Waals surface area contributed by atoms with Crippen LogP contribution in [0.25, 0.3) is 0 Å². The Morgan fingerprint density at radius 2 is 1.16 bits per heavy atom. The molecule has 0 saturated carbocycles. The maximum atomic E-state index is 14.4. The quantitative estimate of drug-likeness (QED) is 0.180. The summed E-state index contributed by atoms with van der Waals surface area (Å²) in [6.07, 6.45) is 0. The lowest BCUT2D eigenvalue weighted by atomic mass is 9.55. The van der Waals surface area contributed by atoms with Gasteiger partial charge in [-0.15, -0.1) is 0 Å². The number of nitrogens with zero attached hydrogens (tertiary/aromatic N) is 4. The number of nitro benzene ring substituents is 2. The van der Waals surface area contributed by atoms with Gasteiger partial charge in [0.15, 0.2) is 0 Å². The maximum absolute atomic E-state index is 14.4. The normalized spacial score (nSPS) is 21.2. The van der Waals surface area contributed by atoms with E-state index < -0.39 is 51.2 Å². The Morgan fingerprint density at radius 1 is 0.674 bits per heavy atom. The molecular formula is C32H22N4O7. The number of hydrogen-bond donors (Lipinski definition) is 0. The minimum absolute atomic E-state index is 0.0823. The Kier molecular flexibility index (Phi) is 5.91. The molecule has 1 saturated heterocycles. The summed E-state index contributed by atoms with van der Waals surface area (Å²) in [5.41, 5.74) is 3.76. The molecule has 4 aliphatic rings. The molecule has 11 nitrogen and oxygen atoms in total. The lowest BCUT2D eigenvalue weighted by Gasteiger charge is -2.45. The number of hydrogen-bond acceptors (Lipinski definition) is 7. The Labute approximate surface area is 244 Å². The van der Waals surface area contributed by atoms with Crippen LogP contribution in [0.15, 0.2) is 97.1 Å². The van der Waals surface area contributed by atoms with Crippen molar-refractivity contribution >= 4 is 29.1 Å². The van der Waals surface area contributed by atoms with Gasteiger partial charge in [-0.2, -0.15) is 5.01 Å². The number of nitro groups is 2. The molecule has 3 amide bonds. The van der Waals surface area contributed by atoms with Crippen LogP contribution in [0.3, 0.4) is 0 Å². The number of imide groups is 1. The molecule has 0 N–H and O–H groups in total. The number of rotatable bonds is 6. The third-order valence-electron chi connectivity index (χ3n) is 8.68. The summed E-state index contributed by atoms with van der Waals surface area (Å²) < 4.78 is 0. The molecule has 0 aromatic heterocycles. The monoisotopic (exact) mass is 574 g/mol. The summed E-state index contributed by atoms with van der Waals surface area (Å²) in [5.74, 6) is -4.13. The van der Waals surface area contributed by atoms with Gasteiger partial charge in [0.1, 0.15) is 0 Å². The molecule has 0 radical (unpaired) electrons. The molecule has 1 aliphatic heterocycles. The fourth-order valence-electron chi connectivity index (χ4n) is 6.93. The van der Waals surface area contributed by atoms with Gasteiger partial charge in [-0.1, -0.05) is 66.7 Å². The largest absolute Gasteiger partial charge is 0.273 e. The minimum Gasteiger partial charge on any atom is -0.272 e. The van der Waals surface area contributed by atoms with Crippen molar-refractivity contribution in [3.05, 3.63) is 151 Å². The second-order valence-electron chi connectivity index (χ2n) is 10.8. The topological polar surface area (TPSA) is 144 Å². The first-order valence-corrected chi connectivity index (χ1v) is 13.6. The van der Waals surface area contributed by atoms with Crippen LogP contribution in [-0.4, -0.2) is 37.6 Å². The lowest BCUT2D eigenvalue weighted by molar-refractivity contribution is -0.385. The van der Waals surface area contributed by atoms with E-state index in [1.165, 1.54) is 42.5 Å². The number of carbonyl (C=O) groups excluding carboxylic acids is 3. The second kappa shape index (κ2) is 9.69. The minimum atomic E-state index is -0.787. The number of carbonyl (C=O) groups is 3. The van der Waals surface area contributed by atoms with E-state index in [-0.39, 0.29) is 23.5 Å². The molecule has 0 unspecified atom stereocenters. The average molecular weight is 575 g/mol. The molecule has 1 heterocycles. The van der Waals surface area contributed by atoms with Gasteiger partial charge in [0.2, 0.25) is 0 Å². The van der Waals surface area contributed by atoms with Gasteiger partial charge in [0, 0.05) is 41.7 Å². The number of amides is 3.